The molecule has 1 fully saturated rings. The van der Waals surface area contributed by atoms with Crippen LogP contribution in [0.3, 0.4) is 0 Å². The molecule has 1 aliphatic rings. The molecular formula is C19H17NO2S. The molecule has 1 aromatic heterocycles. The summed E-state index contributed by atoms with van der Waals surface area (Å²) >= 11 is 1.79. The lowest BCUT2D eigenvalue weighted by Gasteiger charge is -2.07. The Balaban J connectivity index is 1.90. The molecular weight excluding hydrogens is 306 g/mol. The summed E-state index contributed by atoms with van der Waals surface area (Å²) in [6.07, 6.45) is 2.52. The molecule has 0 saturated heterocycles. The number of carbonyl (C=O) groups excluding carboxylic acids is 1. The van der Waals surface area contributed by atoms with Crippen molar-refractivity contribution in [2.24, 2.45) is 0 Å². The van der Waals surface area contributed by atoms with Crippen molar-refractivity contribution in [3.63, 3.8) is 0 Å². The number of rotatable bonds is 3. The summed E-state index contributed by atoms with van der Waals surface area (Å²) in [6.45, 7) is 2.07. The van der Waals surface area contributed by atoms with E-state index >= 15 is 0 Å². The molecule has 1 aliphatic carbocycles. The number of hydrogen-bond acceptors (Lipinski definition) is 4. The topological polar surface area (TPSA) is 39.2 Å². The van der Waals surface area contributed by atoms with Crippen LogP contribution in [0, 0.1) is 6.92 Å². The Morgan fingerprint density at radius 3 is 2.83 bits per heavy atom. The largest absolute Gasteiger partial charge is 0.465 e. The second-order valence-corrected chi connectivity index (χ2v) is 7.00. The lowest BCUT2D eigenvalue weighted by molar-refractivity contribution is 0.0601. The van der Waals surface area contributed by atoms with Crippen molar-refractivity contribution < 1.29 is 9.53 Å². The number of aryl methyl sites for hydroxylation is 1. The average Bonchev–Trinajstić information content (AvgIpc) is 3.36. The van der Waals surface area contributed by atoms with Crippen LogP contribution in [0.1, 0.15) is 39.8 Å². The molecule has 23 heavy (non-hydrogen) atoms. The number of fused-ring (bicyclic) bond motifs is 1. The van der Waals surface area contributed by atoms with Crippen molar-refractivity contribution in [1.82, 2.24) is 4.98 Å². The molecule has 0 radical (unpaired) electrons. The molecule has 2 aromatic carbocycles. The van der Waals surface area contributed by atoms with E-state index in [1.807, 2.05) is 18.2 Å². The maximum Gasteiger partial charge on any atom is 0.337 e. The maximum absolute atomic E-state index is 11.8. The average molecular weight is 323 g/mol. The van der Waals surface area contributed by atoms with Gasteiger partial charge in [-0.25, -0.2) is 9.78 Å². The summed E-state index contributed by atoms with van der Waals surface area (Å²) in [7, 11) is 1.41. The molecule has 0 amide bonds. The zero-order valence-electron chi connectivity index (χ0n) is 13.1. The second kappa shape index (κ2) is 5.46. The fourth-order valence-electron chi connectivity index (χ4n) is 2.89. The lowest BCUT2D eigenvalue weighted by Crippen LogP contribution is -2.00. The second-order valence-electron chi connectivity index (χ2n) is 5.97. The van der Waals surface area contributed by atoms with Crippen molar-refractivity contribution >= 4 is 28.1 Å². The van der Waals surface area contributed by atoms with E-state index in [0.717, 1.165) is 22.0 Å². The van der Waals surface area contributed by atoms with Crippen molar-refractivity contribution in [3.05, 3.63) is 52.7 Å². The van der Waals surface area contributed by atoms with Gasteiger partial charge < -0.3 is 4.74 Å². The van der Waals surface area contributed by atoms with E-state index in [-0.39, 0.29) is 5.97 Å². The van der Waals surface area contributed by atoms with Crippen LogP contribution >= 0.6 is 11.3 Å². The predicted molar refractivity (Wildman–Crippen MR) is 93.1 cm³/mol. The Labute approximate surface area is 138 Å². The molecule has 0 bridgehead atoms. The fourth-order valence-corrected chi connectivity index (χ4v) is 4.16. The van der Waals surface area contributed by atoms with E-state index in [4.69, 9.17) is 9.72 Å². The zero-order chi connectivity index (χ0) is 16.0. The van der Waals surface area contributed by atoms with Crippen LogP contribution in [-0.4, -0.2) is 18.1 Å². The molecule has 0 N–H and O–H groups in total. The van der Waals surface area contributed by atoms with Crippen molar-refractivity contribution in [3.8, 4) is 10.4 Å². The van der Waals surface area contributed by atoms with Crippen LogP contribution in [0.15, 0.2) is 36.4 Å². The van der Waals surface area contributed by atoms with Gasteiger partial charge in [-0.05, 0) is 42.7 Å². The SMILES string of the molecule is COC(=O)c1ccc2cccc(-c3sc(C4CC4)nc3C)c2c1. The van der Waals surface area contributed by atoms with Crippen molar-refractivity contribution in [2.45, 2.75) is 25.7 Å². The lowest BCUT2D eigenvalue weighted by atomic mass is 10.0. The highest BCUT2D eigenvalue weighted by atomic mass is 32.1. The summed E-state index contributed by atoms with van der Waals surface area (Å²) in [5.74, 6) is 0.356. The maximum atomic E-state index is 11.8. The molecule has 3 aromatic rings. The summed E-state index contributed by atoms with van der Waals surface area (Å²) in [5, 5.41) is 3.44. The first-order valence-electron chi connectivity index (χ1n) is 7.76. The molecule has 0 aliphatic heterocycles. The summed E-state index contributed by atoms with van der Waals surface area (Å²) in [4.78, 5) is 17.8. The van der Waals surface area contributed by atoms with Gasteiger partial charge in [-0.2, -0.15) is 0 Å². The number of methoxy groups -OCH3 is 1. The molecule has 4 heteroatoms. The molecule has 116 valence electrons. The number of benzene rings is 2. The molecule has 0 spiro atoms. The molecule has 0 atom stereocenters. The van der Waals surface area contributed by atoms with Gasteiger partial charge in [0.15, 0.2) is 0 Å². The van der Waals surface area contributed by atoms with E-state index in [9.17, 15) is 4.79 Å². The number of ether oxygens (including phenoxy) is 1. The molecule has 4 rings (SSSR count). The third-order valence-corrected chi connectivity index (χ3v) is 5.64. The number of aromatic nitrogens is 1. The van der Waals surface area contributed by atoms with Crippen LogP contribution in [0.4, 0.5) is 0 Å². The van der Waals surface area contributed by atoms with Gasteiger partial charge in [0.05, 0.1) is 28.3 Å². The summed E-state index contributed by atoms with van der Waals surface area (Å²) in [6, 6.07) is 12.0. The first-order valence-corrected chi connectivity index (χ1v) is 8.58. The Bertz CT molecular complexity index is 909. The number of carbonyl (C=O) groups is 1. The van der Waals surface area contributed by atoms with Gasteiger partial charge in [-0.15, -0.1) is 11.3 Å². The van der Waals surface area contributed by atoms with E-state index in [1.165, 1.54) is 29.8 Å². The van der Waals surface area contributed by atoms with Crippen LogP contribution in [-0.2, 0) is 4.74 Å². The number of hydrogen-bond donors (Lipinski definition) is 0. The fraction of sp³-hybridized carbons (Fsp3) is 0.263. The quantitative estimate of drug-likeness (QED) is 0.641. The molecule has 1 saturated carbocycles. The Hall–Kier alpha value is -2.20. The minimum Gasteiger partial charge on any atom is -0.465 e. The van der Waals surface area contributed by atoms with Gasteiger partial charge in [0.2, 0.25) is 0 Å². The van der Waals surface area contributed by atoms with Gasteiger partial charge in [0, 0.05) is 11.5 Å². The highest BCUT2D eigenvalue weighted by molar-refractivity contribution is 7.15. The van der Waals surface area contributed by atoms with Gasteiger partial charge in [0.25, 0.3) is 0 Å². The highest BCUT2D eigenvalue weighted by Gasteiger charge is 2.28. The first-order chi connectivity index (χ1) is 11.2. The monoisotopic (exact) mass is 323 g/mol. The van der Waals surface area contributed by atoms with Gasteiger partial charge in [-0.1, -0.05) is 24.3 Å². The number of thiazole rings is 1. The third-order valence-electron chi connectivity index (χ3n) is 4.29. The van der Waals surface area contributed by atoms with Gasteiger partial charge >= 0.3 is 5.97 Å². The Kier molecular flexibility index (Phi) is 3.42. The van der Waals surface area contributed by atoms with Crippen molar-refractivity contribution in [2.75, 3.05) is 7.11 Å². The minimum atomic E-state index is -0.304. The van der Waals surface area contributed by atoms with Crippen LogP contribution in [0.25, 0.3) is 21.2 Å². The van der Waals surface area contributed by atoms with Crippen LogP contribution in [0.5, 0.6) is 0 Å². The number of esters is 1. The Morgan fingerprint density at radius 2 is 2.09 bits per heavy atom. The zero-order valence-corrected chi connectivity index (χ0v) is 13.9. The Morgan fingerprint density at radius 1 is 1.26 bits per heavy atom. The van der Waals surface area contributed by atoms with Gasteiger partial charge in [-0.3, -0.25) is 0 Å². The van der Waals surface area contributed by atoms with Gasteiger partial charge in [0.1, 0.15) is 0 Å². The molecule has 0 unspecified atom stereocenters. The smallest absolute Gasteiger partial charge is 0.337 e. The predicted octanol–water partition coefficient (Wildman–Crippen LogP) is 4.94. The standard InChI is InChI=1S/C19H17NO2S/c1-11-17(23-18(20-11)13-7-8-13)15-5-3-4-12-6-9-14(10-16(12)15)19(21)22-2/h3-6,9-10,13H,7-8H2,1-2H3. The van der Waals surface area contributed by atoms with E-state index in [2.05, 4.69) is 25.1 Å². The van der Waals surface area contributed by atoms with E-state index < -0.39 is 0 Å². The number of nitrogens with zero attached hydrogens (tertiary/aromatic N) is 1. The van der Waals surface area contributed by atoms with Crippen LogP contribution in [0.2, 0.25) is 0 Å². The van der Waals surface area contributed by atoms with E-state index in [1.54, 1.807) is 11.3 Å². The van der Waals surface area contributed by atoms with E-state index in [0.29, 0.717) is 11.5 Å². The van der Waals surface area contributed by atoms with Crippen molar-refractivity contribution in [1.29, 1.82) is 0 Å². The van der Waals surface area contributed by atoms with Crippen LogP contribution < -0.4 is 0 Å². The summed E-state index contributed by atoms with van der Waals surface area (Å²) in [5.41, 5.74) is 2.81. The third kappa shape index (κ3) is 2.53. The minimum absolute atomic E-state index is 0.304. The summed E-state index contributed by atoms with van der Waals surface area (Å²) < 4.78 is 4.85. The first kappa shape index (κ1) is 14.4. The normalized spacial score (nSPS) is 14.2. The molecule has 3 nitrogen and oxygen atoms in total. The highest BCUT2D eigenvalue weighted by Crippen LogP contribution is 2.45. The molecule has 1 heterocycles.